The Morgan fingerprint density at radius 2 is 2.29 bits per heavy atom. The molecular weight excluding hydrogens is 254 g/mol. The van der Waals surface area contributed by atoms with Crippen molar-refractivity contribution in [3.05, 3.63) is 22.9 Å². The maximum absolute atomic E-state index is 12.9. The van der Waals surface area contributed by atoms with Gasteiger partial charge >= 0.3 is 5.97 Å². The minimum atomic E-state index is -2.77. The number of nitrogens with zero attached hydrogens (tertiary/aromatic N) is 1. The molecule has 2 N–H and O–H groups in total. The van der Waals surface area contributed by atoms with Gasteiger partial charge in [-0.15, -0.1) is 11.6 Å². The van der Waals surface area contributed by atoms with Crippen LogP contribution in [0.25, 0.3) is 0 Å². The summed E-state index contributed by atoms with van der Waals surface area (Å²) in [7, 11) is 1.18. The summed E-state index contributed by atoms with van der Waals surface area (Å²) in [5.74, 6) is -0.865. The summed E-state index contributed by atoms with van der Waals surface area (Å²) in [6.45, 7) is 0. The normalized spacial score (nSPS) is 10.6. The molecule has 17 heavy (non-hydrogen) atoms. The zero-order chi connectivity index (χ0) is 13.0. The van der Waals surface area contributed by atoms with E-state index in [-0.39, 0.29) is 34.8 Å². The van der Waals surface area contributed by atoms with E-state index >= 15 is 0 Å². The van der Waals surface area contributed by atoms with Gasteiger partial charge in [-0.2, -0.15) is 0 Å². The number of anilines is 1. The topological polar surface area (TPSA) is 65.2 Å². The molecule has 0 saturated heterocycles. The monoisotopic (exact) mass is 264 g/mol. The molecule has 1 rings (SSSR count). The van der Waals surface area contributed by atoms with Gasteiger partial charge in [-0.1, -0.05) is 0 Å². The average molecular weight is 265 g/mol. The number of esters is 1. The summed E-state index contributed by atoms with van der Waals surface area (Å²) in [6.07, 6.45) is -1.91. The predicted molar refractivity (Wildman–Crippen MR) is 58.9 cm³/mol. The van der Waals surface area contributed by atoms with Crippen LogP contribution in [0.1, 0.15) is 23.1 Å². The highest BCUT2D eigenvalue weighted by Gasteiger charge is 2.22. The molecule has 1 aromatic rings. The Labute approximate surface area is 102 Å². The van der Waals surface area contributed by atoms with Crippen molar-refractivity contribution in [2.24, 2.45) is 0 Å². The quantitative estimate of drug-likeness (QED) is 0.668. The molecule has 0 unspecified atom stereocenters. The molecule has 0 bridgehead atoms. The van der Waals surface area contributed by atoms with Gasteiger partial charge in [0.1, 0.15) is 5.82 Å². The third-order valence-electron chi connectivity index (χ3n) is 2.25. The lowest BCUT2D eigenvalue weighted by Crippen LogP contribution is -2.11. The number of pyridine rings is 1. The summed E-state index contributed by atoms with van der Waals surface area (Å²) >= 11 is 5.55. The standard InChI is InChI=1S/C10H11ClF2N2O2/c1-17-7(16)2-5-4-15-10(14)6(3-11)8(5)9(12)13/h4,9H,2-3H2,1H3,(H2,14,15). The molecule has 0 spiro atoms. The summed E-state index contributed by atoms with van der Waals surface area (Å²) in [5, 5.41) is 0. The molecule has 0 saturated carbocycles. The zero-order valence-electron chi connectivity index (χ0n) is 9.04. The first-order valence-corrected chi connectivity index (χ1v) is 5.21. The van der Waals surface area contributed by atoms with Crippen LogP contribution in [0.3, 0.4) is 0 Å². The highest BCUT2D eigenvalue weighted by atomic mass is 35.5. The number of alkyl halides is 3. The fraction of sp³-hybridized carbons (Fsp3) is 0.400. The third kappa shape index (κ3) is 3.03. The van der Waals surface area contributed by atoms with Crippen LogP contribution in [0.4, 0.5) is 14.6 Å². The van der Waals surface area contributed by atoms with Crippen LogP contribution >= 0.6 is 11.6 Å². The number of ether oxygens (including phenoxy) is 1. The van der Waals surface area contributed by atoms with E-state index in [4.69, 9.17) is 17.3 Å². The number of carbonyl (C=O) groups is 1. The smallest absolute Gasteiger partial charge is 0.310 e. The highest BCUT2D eigenvalue weighted by Crippen LogP contribution is 2.30. The van der Waals surface area contributed by atoms with Crippen LogP contribution < -0.4 is 5.73 Å². The van der Waals surface area contributed by atoms with Crippen molar-refractivity contribution in [1.29, 1.82) is 0 Å². The van der Waals surface area contributed by atoms with Crippen LogP contribution in [-0.2, 0) is 21.8 Å². The van der Waals surface area contributed by atoms with E-state index in [1.54, 1.807) is 0 Å². The molecule has 0 aromatic carbocycles. The minimum Gasteiger partial charge on any atom is -0.469 e. The minimum absolute atomic E-state index is 0.0519. The Hall–Kier alpha value is -1.43. The molecule has 1 heterocycles. The van der Waals surface area contributed by atoms with Crippen molar-refractivity contribution >= 4 is 23.4 Å². The molecule has 0 aliphatic rings. The van der Waals surface area contributed by atoms with Crippen molar-refractivity contribution in [2.75, 3.05) is 12.8 Å². The second kappa shape index (κ2) is 5.77. The number of hydrogen-bond donors (Lipinski definition) is 1. The number of hydrogen-bond acceptors (Lipinski definition) is 4. The Morgan fingerprint density at radius 3 is 2.76 bits per heavy atom. The third-order valence-corrected chi connectivity index (χ3v) is 2.52. The van der Waals surface area contributed by atoms with E-state index in [1.807, 2.05) is 0 Å². The van der Waals surface area contributed by atoms with Gasteiger partial charge in [0.15, 0.2) is 0 Å². The largest absolute Gasteiger partial charge is 0.469 e. The lowest BCUT2D eigenvalue weighted by molar-refractivity contribution is -0.139. The first kappa shape index (κ1) is 13.6. The van der Waals surface area contributed by atoms with Crippen molar-refractivity contribution in [3.63, 3.8) is 0 Å². The van der Waals surface area contributed by atoms with Crippen LogP contribution in [0.5, 0.6) is 0 Å². The number of nitrogens with two attached hydrogens (primary N) is 1. The highest BCUT2D eigenvalue weighted by molar-refractivity contribution is 6.17. The van der Waals surface area contributed by atoms with Gasteiger partial charge in [0, 0.05) is 17.3 Å². The lowest BCUT2D eigenvalue weighted by Gasteiger charge is -2.13. The molecule has 0 atom stereocenters. The summed E-state index contributed by atoms with van der Waals surface area (Å²) in [6, 6.07) is 0. The van der Waals surface area contributed by atoms with E-state index in [2.05, 4.69) is 9.72 Å². The SMILES string of the molecule is COC(=O)Cc1cnc(N)c(CCl)c1C(F)F. The Morgan fingerprint density at radius 1 is 1.65 bits per heavy atom. The Balaban J connectivity index is 3.25. The summed E-state index contributed by atoms with van der Waals surface area (Å²) < 4.78 is 30.2. The number of rotatable bonds is 4. The maximum atomic E-state index is 12.9. The van der Waals surface area contributed by atoms with Crippen molar-refractivity contribution in [1.82, 2.24) is 4.98 Å². The average Bonchev–Trinajstić information content (AvgIpc) is 2.30. The van der Waals surface area contributed by atoms with E-state index in [9.17, 15) is 13.6 Å². The van der Waals surface area contributed by atoms with E-state index in [1.165, 1.54) is 7.11 Å². The maximum Gasteiger partial charge on any atom is 0.310 e. The molecule has 0 aliphatic heterocycles. The van der Waals surface area contributed by atoms with Gasteiger partial charge in [0.2, 0.25) is 0 Å². The number of methoxy groups -OCH3 is 1. The molecule has 7 heteroatoms. The molecule has 0 fully saturated rings. The first-order valence-electron chi connectivity index (χ1n) is 4.68. The molecule has 0 aliphatic carbocycles. The van der Waals surface area contributed by atoms with Gasteiger partial charge < -0.3 is 10.5 Å². The first-order chi connectivity index (χ1) is 8.01. The van der Waals surface area contributed by atoms with Crippen LogP contribution in [0.2, 0.25) is 0 Å². The molecule has 4 nitrogen and oxygen atoms in total. The summed E-state index contributed by atoms with van der Waals surface area (Å²) in [4.78, 5) is 14.8. The van der Waals surface area contributed by atoms with Crippen molar-refractivity contribution < 1.29 is 18.3 Å². The van der Waals surface area contributed by atoms with Crippen LogP contribution in [0.15, 0.2) is 6.20 Å². The van der Waals surface area contributed by atoms with E-state index < -0.39 is 12.4 Å². The van der Waals surface area contributed by atoms with Gasteiger partial charge in [-0.05, 0) is 5.56 Å². The zero-order valence-corrected chi connectivity index (χ0v) is 9.80. The molecule has 0 amide bonds. The molecular formula is C10H11ClF2N2O2. The van der Waals surface area contributed by atoms with Crippen LogP contribution in [-0.4, -0.2) is 18.1 Å². The number of aromatic nitrogens is 1. The fourth-order valence-electron chi connectivity index (χ4n) is 1.41. The Kier molecular flexibility index (Phi) is 4.62. The van der Waals surface area contributed by atoms with Gasteiger partial charge in [0.05, 0.1) is 19.4 Å². The van der Waals surface area contributed by atoms with Gasteiger partial charge in [-0.25, -0.2) is 13.8 Å². The van der Waals surface area contributed by atoms with E-state index in [0.29, 0.717) is 0 Å². The lowest BCUT2D eigenvalue weighted by atomic mass is 10.0. The van der Waals surface area contributed by atoms with Gasteiger partial charge in [-0.3, -0.25) is 4.79 Å². The number of halogens is 3. The van der Waals surface area contributed by atoms with Gasteiger partial charge in [0.25, 0.3) is 6.43 Å². The second-order valence-corrected chi connectivity index (χ2v) is 3.52. The Bertz CT molecular complexity index is 427. The molecule has 94 valence electrons. The number of nitrogen functional groups attached to an aromatic ring is 1. The fourth-order valence-corrected chi connectivity index (χ4v) is 1.69. The van der Waals surface area contributed by atoms with Crippen molar-refractivity contribution in [2.45, 2.75) is 18.7 Å². The predicted octanol–water partition coefficient (Wildman–Crippen LogP) is 2.06. The van der Waals surface area contributed by atoms with Crippen molar-refractivity contribution in [3.8, 4) is 0 Å². The number of carbonyl (C=O) groups excluding carboxylic acids is 1. The van der Waals surface area contributed by atoms with E-state index in [0.717, 1.165) is 6.20 Å². The molecule has 1 aromatic heterocycles. The van der Waals surface area contributed by atoms with Crippen LogP contribution in [0, 0.1) is 0 Å². The second-order valence-electron chi connectivity index (χ2n) is 3.25. The summed E-state index contributed by atoms with van der Waals surface area (Å²) in [5.41, 5.74) is 5.26. The molecule has 0 radical (unpaired) electrons.